The molecule has 11 heteroatoms. The first kappa shape index (κ1) is 17.1. The molecule has 0 aliphatic carbocycles. The predicted molar refractivity (Wildman–Crippen MR) is 106 cm³/mol. The minimum atomic E-state index is -0.776. The van der Waals surface area contributed by atoms with Gasteiger partial charge in [0.05, 0.1) is 10.8 Å². The van der Waals surface area contributed by atoms with Crippen molar-refractivity contribution in [1.29, 1.82) is 0 Å². The molecule has 1 aliphatic rings. The van der Waals surface area contributed by atoms with Gasteiger partial charge in [0.2, 0.25) is 0 Å². The van der Waals surface area contributed by atoms with Crippen LogP contribution in [-0.2, 0) is 0 Å². The molecule has 5 heterocycles. The molecule has 0 saturated carbocycles. The Bertz CT molecular complexity index is 1340. The normalized spacial score (nSPS) is 14.6. The Hall–Kier alpha value is -4.02. The third-order valence-electron chi connectivity index (χ3n) is 4.97. The minimum absolute atomic E-state index is 0.165. The van der Waals surface area contributed by atoms with Crippen molar-refractivity contribution in [2.45, 2.75) is 0 Å². The Morgan fingerprint density at radius 2 is 1.48 bits per heavy atom. The van der Waals surface area contributed by atoms with E-state index in [-0.39, 0.29) is 5.65 Å². The molecule has 11 nitrogen and oxygen atoms in total. The van der Waals surface area contributed by atoms with Gasteiger partial charge in [0.1, 0.15) is 17.3 Å². The van der Waals surface area contributed by atoms with E-state index in [2.05, 4.69) is 24.9 Å². The second kappa shape index (κ2) is 6.55. The smallest absolute Gasteiger partial charge is 0.384 e. The van der Waals surface area contributed by atoms with Crippen molar-refractivity contribution >= 4 is 33.7 Å². The van der Waals surface area contributed by atoms with Gasteiger partial charge in [-0.05, 0) is 24.3 Å². The lowest BCUT2D eigenvalue weighted by atomic mass is 10.2. The van der Waals surface area contributed by atoms with Crippen molar-refractivity contribution in [2.75, 3.05) is 36.0 Å². The van der Waals surface area contributed by atoms with E-state index in [1.54, 1.807) is 24.4 Å². The zero-order valence-electron chi connectivity index (χ0n) is 15.2. The molecule has 0 unspecified atom stereocenters. The number of nitrogens with one attached hydrogen (secondary N) is 1. The zero-order valence-corrected chi connectivity index (χ0v) is 15.2. The molecule has 0 aromatic carbocycles. The van der Waals surface area contributed by atoms with Crippen molar-refractivity contribution < 1.29 is 5.21 Å². The summed E-state index contributed by atoms with van der Waals surface area (Å²) in [5, 5.41) is 11.3. The molecular formula is C18H16N8O3. The van der Waals surface area contributed by atoms with Crippen LogP contribution in [0.4, 0.5) is 11.6 Å². The first-order valence-electron chi connectivity index (χ1n) is 9.04. The quantitative estimate of drug-likeness (QED) is 0.452. The monoisotopic (exact) mass is 392 g/mol. The fourth-order valence-electron chi connectivity index (χ4n) is 3.61. The minimum Gasteiger partial charge on any atom is -0.422 e. The molecule has 0 amide bonds. The summed E-state index contributed by atoms with van der Waals surface area (Å²) in [6.07, 6.45) is 3.13. The number of H-pyrrole nitrogens is 1. The Morgan fingerprint density at radius 3 is 2.21 bits per heavy atom. The van der Waals surface area contributed by atoms with Crippen LogP contribution < -0.4 is 21.2 Å². The summed E-state index contributed by atoms with van der Waals surface area (Å²) in [4.78, 5) is 47.1. The van der Waals surface area contributed by atoms with Gasteiger partial charge in [-0.3, -0.25) is 4.98 Å². The number of hydrogen-bond donors (Lipinski definition) is 2. The van der Waals surface area contributed by atoms with Crippen LogP contribution in [-0.4, -0.2) is 61.0 Å². The van der Waals surface area contributed by atoms with E-state index >= 15 is 0 Å². The number of aromatic amines is 1. The van der Waals surface area contributed by atoms with E-state index in [0.717, 1.165) is 5.39 Å². The first-order chi connectivity index (χ1) is 14.1. The highest BCUT2D eigenvalue weighted by Crippen LogP contribution is 2.25. The van der Waals surface area contributed by atoms with Crippen molar-refractivity contribution in [3.05, 3.63) is 57.6 Å². The molecule has 0 radical (unpaired) electrons. The third-order valence-corrected chi connectivity index (χ3v) is 4.97. The average molecular weight is 392 g/mol. The van der Waals surface area contributed by atoms with E-state index in [4.69, 9.17) is 0 Å². The molecule has 1 aliphatic heterocycles. The van der Waals surface area contributed by atoms with Crippen LogP contribution >= 0.6 is 0 Å². The van der Waals surface area contributed by atoms with Gasteiger partial charge >= 0.3 is 11.4 Å². The molecule has 2 N–H and O–H groups in total. The summed E-state index contributed by atoms with van der Waals surface area (Å²) >= 11 is 0. The highest BCUT2D eigenvalue weighted by Gasteiger charge is 2.24. The summed E-state index contributed by atoms with van der Waals surface area (Å²) in [6, 6.07) is 7.16. The highest BCUT2D eigenvalue weighted by molar-refractivity contribution is 5.88. The number of fused-ring (bicyclic) bond motifs is 2. The second-order valence-corrected chi connectivity index (χ2v) is 6.64. The van der Waals surface area contributed by atoms with Crippen LogP contribution in [0.15, 0.2) is 46.2 Å². The van der Waals surface area contributed by atoms with Gasteiger partial charge in [0.25, 0.3) is 0 Å². The Labute approximate surface area is 162 Å². The predicted octanol–water partition coefficient (Wildman–Crippen LogP) is -0.0131. The van der Waals surface area contributed by atoms with Crippen molar-refractivity contribution in [3.8, 4) is 0 Å². The van der Waals surface area contributed by atoms with Crippen LogP contribution in [0.2, 0.25) is 0 Å². The van der Waals surface area contributed by atoms with Crippen LogP contribution in [0.3, 0.4) is 0 Å². The van der Waals surface area contributed by atoms with E-state index in [0.29, 0.717) is 53.6 Å². The van der Waals surface area contributed by atoms with Gasteiger partial charge in [0.15, 0.2) is 5.65 Å². The molecule has 0 spiro atoms. The van der Waals surface area contributed by atoms with Gasteiger partial charge in [-0.15, -0.1) is 4.73 Å². The first-order valence-corrected chi connectivity index (χ1v) is 9.04. The van der Waals surface area contributed by atoms with Crippen molar-refractivity contribution in [3.63, 3.8) is 0 Å². The molecule has 1 saturated heterocycles. The van der Waals surface area contributed by atoms with Gasteiger partial charge in [-0.2, -0.15) is 9.97 Å². The number of aromatic nitrogens is 6. The molecule has 1 fully saturated rings. The lowest BCUT2D eigenvalue weighted by molar-refractivity contribution is 0.182. The van der Waals surface area contributed by atoms with E-state index in [1.165, 1.54) is 6.20 Å². The average Bonchev–Trinajstić information content (AvgIpc) is 2.76. The number of piperazine rings is 1. The molecule has 4 aromatic rings. The van der Waals surface area contributed by atoms with E-state index < -0.39 is 11.4 Å². The van der Waals surface area contributed by atoms with Crippen LogP contribution in [0.5, 0.6) is 0 Å². The van der Waals surface area contributed by atoms with Crippen LogP contribution in [0.1, 0.15) is 0 Å². The van der Waals surface area contributed by atoms with E-state index in [1.807, 2.05) is 15.9 Å². The number of anilines is 2. The molecule has 0 bridgehead atoms. The SMILES string of the molecule is O=c1nc(N2CCN(c3nc(=O)n(O)c4ncccc34)CC2)c2cccnc2[nH]1. The maximum atomic E-state index is 12.0. The van der Waals surface area contributed by atoms with Crippen LogP contribution in [0, 0.1) is 0 Å². The number of hydrogen-bond acceptors (Lipinski definition) is 9. The number of pyridine rings is 2. The Balaban J connectivity index is 1.48. The van der Waals surface area contributed by atoms with Gasteiger partial charge in [-0.25, -0.2) is 19.6 Å². The second-order valence-electron chi connectivity index (χ2n) is 6.64. The van der Waals surface area contributed by atoms with Gasteiger partial charge in [0, 0.05) is 38.6 Å². The molecule has 0 atom stereocenters. The topological polar surface area (TPSA) is 133 Å². The standard InChI is InChI=1S/C18H16N8O3/c27-17-21-13-11(3-1-5-19-13)15(22-17)24-7-9-25(10-8-24)16-12-4-2-6-20-14(12)26(29)18(28)23-16/h1-6,29H,7-10H2,(H,19,21,22,27). The molecule has 29 heavy (non-hydrogen) atoms. The Morgan fingerprint density at radius 1 is 0.862 bits per heavy atom. The lowest BCUT2D eigenvalue weighted by Crippen LogP contribution is -2.48. The fourth-order valence-corrected chi connectivity index (χ4v) is 3.61. The fraction of sp³-hybridized carbons (Fsp3) is 0.222. The summed E-state index contributed by atoms with van der Waals surface area (Å²) in [5.74, 6) is 1.07. The summed E-state index contributed by atoms with van der Waals surface area (Å²) in [7, 11) is 0. The summed E-state index contributed by atoms with van der Waals surface area (Å²) in [5.41, 5.74) is -0.561. The summed E-state index contributed by atoms with van der Waals surface area (Å²) < 4.78 is 0.453. The van der Waals surface area contributed by atoms with E-state index in [9.17, 15) is 14.8 Å². The van der Waals surface area contributed by atoms with Crippen LogP contribution in [0.25, 0.3) is 22.1 Å². The van der Waals surface area contributed by atoms with Crippen molar-refractivity contribution in [2.24, 2.45) is 0 Å². The summed E-state index contributed by atoms with van der Waals surface area (Å²) in [6.45, 7) is 2.27. The lowest BCUT2D eigenvalue weighted by Gasteiger charge is -2.36. The Kier molecular flexibility index (Phi) is 3.86. The highest BCUT2D eigenvalue weighted by atomic mass is 16.5. The molecule has 5 rings (SSSR count). The zero-order chi connectivity index (χ0) is 20.0. The maximum absolute atomic E-state index is 12.0. The molecule has 4 aromatic heterocycles. The molecular weight excluding hydrogens is 376 g/mol. The van der Waals surface area contributed by atoms with Gasteiger partial charge in [-0.1, -0.05) is 0 Å². The third kappa shape index (κ3) is 2.83. The van der Waals surface area contributed by atoms with Crippen molar-refractivity contribution in [1.82, 2.24) is 29.7 Å². The largest absolute Gasteiger partial charge is 0.422 e. The number of nitrogens with zero attached hydrogens (tertiary/aromatic N) is 7. The maximum Gasteiger partial charge on any atom is 0.384 e. The molecule has 146 valence electrons. The van der Waals surface area contributed by atoms with Gasteiger partial charge < -0.3 is 15.0 Å². The number of rotatable bonds is 2.